The molecule has 2 bridgehead atoms. The monoisotopic (exact) mass is 406 g/mol. The van der Waals surface area contributed by atoms with Gasteiger partial charge in [-0.1, -0.05) is 41.4 Å². The predicted octanol–water partition coefficient (Wildman–Crippen LogP) is 3.15. The zero-order valence-electron chi connectivity index (χ0n) is 15.0. The fraction of sp³-hybridized carbons (Fsp3) is 0.450. The minimum atomic E-state index is -0.729. The van der Waals surface area contributed by atoms with Gasteiger partial charge in [0.2, 0.25) is 17.7 Å². The molecule has 7 heteroatoms. The Kier molecular flexibility index (Phi) is 4.35. The molecule has 3 amide bonds. The van der Waals surface area contributed by atoms with Gasteiger partial charge < -0.3 is 5.32 Å². The highest BCUT2D eigenvalue weighted by molar-refractivity contribution is 6.42. The molecule has 1 saturated carbocycles. The molecule has 0 spiro atoms. The highest BCUT2D eigenvalue weighted by atomic mass is 35.5. The van der Waals surface area contributed by atoms with Crippen LogP contribution in [0.3, 0.4) is 0 Å². The zero-order valence-corrected chi connectivity index (χ0v) is 16.6. The van der Waals surface area contributed by atoms with Crippen molar-refractivity contribution in [3.63, 3.8) is 0 Å². The van der Waals surface area contributed by atoms with E-state index in [0.717, 1.165) is 16.9 Å². The van der Waals surface area contributed by atoms with Crippen LogP contribution in [0.25, 0.3) is 0 Å². The van der Waals surface area contributed by atoms with Gasteiger partial charge in [-0.05, 0) is 49.8 Å². The normalized spacial score (nSPS) is 28.8. The third kappa shape index (κ3) is 2.97. The number of nitrogens with zero attached hydrogens (tertiary/aromatic N) is 1. The highest BCUT2D eigenvalue weighted by Gasteiger charge is 2.59. The van der Waals surface area contributed by atoms with Gasteiger partial charge in [-0.15, -0.1) is 0 Å². The number of fused-ring (bicyclic) bond motifs is 5. The van der Waals surface area contributed by atoms with Crippen molar-refractivity contribution in [3.8, 4) is 0 Å². The molecule has 4 atom stereocenters. The van der Waals surface area contributed by atoms with Crippen LogP contribution in [-0.4, -0.2) is 29.2 Å². The summed E-state index contributed by atoms with van der Waals surface area (Å²) in [7, 11) is 0. The summed E-state index contributed by atoms with van der Waals surface area (Å²) in [6, 6.07) is 5.16. The van der Waals surface area contributed by atoms with Gasteiger partial charge in [-0.25, -0.2) is 0 Å². The Labute approximate surface area is 167 Å². The smallest absolute Gasteiger partial charge is 0.240 e. The number of likely N-dealkylation sites (tertiary alicyclic amines) is 1. The maximum Gasteiger partial charge on any atom is 0.240 e. The van der Waals surface area contributed by atoms with Crippen molar-refractivity contribution in [2.45, 2.75) is 25.8 Å². The molecule has 1 aromatic carbocycles. The van der Waals surface area contributed by atoms with E-state index in [9.17, 15) is 14.4 Å². The number of imide groups is 1. The number of amides is 3. The molecule has 5 nitrogen and oxygen atoms in total. The molecule has 1 N–H and O–H groups in total. The molecular formula is C20H20Cl2N2O3. The lowest BCUT2D eigenvalue weighted by molar-refractivity contribution is -0.144. The number of rotatable bonds is 4. The van der Waals surface area contributed by atoms with Gasteiger partial charge in [-0.2, -0.15) is 0 Å². The van der Waals surface area contributed by atoms with Gasteiger partial charge >= 0.3 is 0 Å². The first-order valence-corrected chi connectivity index (χ1v) is 9.75. The average molecular weight is 407 g/mol. The van der Waals surface area contributed by atoms with E-state index in [-0.39, 0.29) is 47.9 Å². The molecule has 27 heavy (non-hydrogen) atoms. The Hall–Kier alpha value is -1.85. The van der Waals surface area contributed by atoms with E-state index in [1.807, 2.05) is 26.0 Å². The summed E-state index contributed by atoms with van der Waals surface area (Å²) < 4.78 is 0. The molecule has 1 heterocycles. The number of carbonyl (C=O) groups excluding carboxylic acids is 3. The maximum atomic E-state index is 12.7. The largest absolute Gasteiger partial charge is 0.346 e. The van der Waals surface area contributed by atoms with Crippen molar-refractivity contribution < 1.29 is 14.4 Å². The molecule has 142 valence electrons. The van der Waals surface area contributed by atoms with Gasteiger partial charge in [0.05, 0.1) is 27.4 Å². The van der Waals surface area contributed by atoms with Crippen molar-refractivity contribution in [2.75, 3.05) is 6.54 Å². The van der Waals surface area contributed by atoms with Crippen LogP contribution < -0.4 is 5.32 Å². The van der Waals surface area contributed by atoms with E-state index in [2.05, 4.69) is 5.32 Å². The first-order chi connectivity index (χ1) is 12.7. The molecule has 4 rings (SSSR count). The molecule has 4 unspecified atom stereocenters. The molecule has 0 radical (unpaired) electrons. The molecule has 3 aliphatic rings. The second-order valence-corrected chi connectivity index (χ2v) is 8.88. The molecule has 1 saturated heterocycles. The second kappa shape index (κ2) is 6.35. The summed E-state index contributed by atoms with van der Waals surface area (Å²) in [6.45, 7) is 3.41. The number of hydrogen-bond donors (Lipinski definition) is 1. The standard InChI is InChI=1S/C20H20Cl2N2O3/c1-20(2,12-5-6-13(21)14(22)8-12)23-15(25)9-24-18(26)16-10-3-4-11(7-10)17(16)19(24)27/h3-6,8,10-11,16-17H,7,9H2,1-2H3,(H,23,25). The third-order valence-corrected chi connectivity index (χ3v) is 6.70. The number of benzene rings is 1. The number of halogens is 2. The van der Waals surface area contributed by atoms with Crippen LogP contribution in [0.4, 0.5) is 0 Å². The summed E-state index contributed by atoms with van der Waals surface area (Å²) >= 11 is 12.0. The van der Waals surface area contributed by atoms with E-state index >= 15 is 0 Å². The number of carbonyl (C=O) groups is 3. The quantitative estimate of drug-likeness (QED) is 0.616. The lowest BCUT2D eigenvalue weighted by Crippen LogP contribution is -2.47. The number of nitrogens with one attached hydrogen (secondary N) is 1. The van der Waals surface area contributed by atoms with Crippen molar-refractivity contribution in [1.29, 1.82) is 0 Å². The van der Waals surface area contributed by atoms with Crippen LogP contribution in [0, 0.1) is 23.7 Å². The average Bonchev–Trinajstić information content (AvgIpc) is 3.27. The van der Waals surface area contributed by atoms with E-state index in [1.54, 1.807) is 18.2 Å². The number of hydrogen-bond acceptors (Lipinski definition) is 3. The first kappa shape index (κ1) is 18.5. The highest BCUT2D eigenvalue weighted by Crippen LogP contribution is 2.52. The van der Waals surface area contributed by atoms with Crippen molar-refractivity contribution >= 4 is 40.9 Å². The second-order valence-electron chi connectivity index (χ2n) is 8.06. The fourth-order valence-electron chi connectivity index (χ4n) is 4.61. The summed E-state index contributed by atoms with van der Waals surface area (Å²) in [5, 5.41) is 3.72. The van der Waals surface area contributed by atoms with E-state index in [0.29, 0.717) is 10.0 Å². The minimum Gasteiger partial charge on any atom is -0.346 e. The topological polar surface area (TPSA) is 66.5 Å². The summed E-state index contributed by atoms with van der Waals surface area (Å²) in [4.78, 5) is 39.1. The third-order valence-electron chi connectivity index (χ3n) is 5.96. The van der Waals surface area contributed by atoms with E-state index in [4.69, 9.17) is 23.2 Å². The van der Waals surface area contributed by atoms with Crippen LogP contribution in [0.15, 0.2) is 30.4 Å². The van der Waals surface area contributed by atoms with Crippen molar-refractivity contribution in [2.24, 2.45) is 23.7 Å². The Bertz CT molecular complexity index is 850. The molecule has 1 aliphatic heterocycles. The lowest BCUT2D eigenvalue weighted by atomic mass is 9.85. The van der Waals surface area contributed by atoms with E-state index < -0.39 is 5.54 Å². The van der Waals surface area contributed by atoms with Crippen LogP contribution >= 0.6 is 23.2 Å². The number of allylic oxidation sites excluding steroid dienone is 2. The van der Waals surface area contributed by atoms with Crippen molar-refractivity contribution in [1.82, 2.24) is 10.2 Å². The predicted molar refractivity (Wildman–Crippen MR) is 102 cm³/mol. The van der Waals surface area contributed by atoms with Crippen LogP contribution in [0.5, 0.6) is 0 Å². The molecule has 2 aliphatic carbocycles. The van der Waals surface area contributed by atoms with Gasteiger partial charge in [-0.3, -0.25) is 19.3 Å². The van der Waals surface area contributed by atoms with Crippen LogP contribution in [0.2, 0.25) is 10.0 Å². The van der Waals surface area contributed by atoms with Crippen LogP contribution in [-0.2, 0) is 19.9 Å². The minimum absolute atomic E-state index is 0.136. The van der Waals surface area contributed by atoms with Gasteiger partial charge in [0, 0.05) is 0 Å². The lowest BCUT2D eigenvalue weighted by Gasteiger charge is -2.28. The Morgan fingerprint density at radius 3 is 2.26 bits per heavy atom. The molecule has 0 aromatic heterocycles. The SMILES string of the molecule is CC(C)(NC(=O)CN1C(=O)C2C3C=CC(C3)C2C1=O)c1ccc(Cl)c(Cl)c1. The zero-order chi connectivity index (χ0) is 19.5. The first-order valence-electron chi connectivity index (χ1n) is 8.99. The summed E-state index contributed by atoms with van der Waals surface area (Å²) in [5.74, 6) is -1.12. The summed E-state index contributed by atoms with van der Waals surface area (Å²) in [6.07, 6.45) is 4.94. The maximum absolute atomic E-state index is 12.7. The summed E-state index contributed by atoms with van der Waals surface area (Å²) in [5.41, 5.74) is 0.0524. The van der Waals surface area contributed by atoms with Gasteiger partial charge in [0.15, 0.2) is 0 Å². The van der Waals surface area contributed by atoms with Gasteiger partial charge in [0.1, 0.15) is 6.54 Å². The molecular weight excluding hydrogens is 387 g/mol. The van der Waals surface area contributed by atoms with Gasteiger partial charge in [0.25, 0.3) is 0 Å². The Balaban J connectivity index is 1.46. The van der Waals surface area contributed by atoms with Crippen LogP contribution in [0.1, 0.15) is 25.8 Å². The van der Waals surface area contributed by atoms with E-state index in [1.165, 1.54) is 0 Å². The molecule has 1 aromatic rings. The Morgan fingerprint density at radius 2 is 1.70 bits per heavy atom. The Morgan fingerprint density at radius 1 is 1.11 bits per heavy atom. The molecule has 2 fully saturated rings. The van der Waals surface area contributed by atoms with Crippen molar-refractivity contribution in [3.05, 3.63) is 46.0 Å². The fourth-order valence-corrected chi connectivity index (χ4v) is 4.91.